The lowest BCUT2D eigenvalue weighted by atomic mass is 10.2. The first-order chi connectivity index (χ1) is 8.34. The van der Waals surface area contributed by atoms with Crippen molar-refractivity contribution in [3.63, 3.8) is 0 Å². The van der Waals surface area contributed by atoms with Crippen molar-refractivity contribution >= 4 is 5.91 Å². The van der Waals surface area contributed by atoms with E-state index in [1.54, 1.807) is 0 Å². The van der Waals surface area contributed by atoms with Crippen LogP contribution in [-0.4, -0.2) is 42.6 Å². The Bertz CT molecular complexity index is 419. The molecule has 1 aromatic heterocycles. The molecule has 0 aromatic carbocycles. The van der Waals surface area contributed by atoms with Crippen LogP contribution in [0, 0.1) is 13.8 Å². The number of rotatable bonds is 5. The molecule has 1 aromatic rings. The predicted octanol–water partition coefficient (Wildman–Crippen LogP) is 1.98. The van der Waals surface area contributed by atoms with Gasteiger partial charge in [0.05, 0.1) is 5.56 Å². The van der Waals surface area contributed by atoms with Gasteiger partial charge in [-0.25, -0.2) is 0 Å². The van der Waals surface area contributed by atoms with Gasteiger partial charge in [-0.3, -0.25) is 4.79 Å². The normalized spacial score (nSPS) is 11.3. The van der Waals surface area contributed by atoms with Crippen molar-refractivity contribution in [1.82, 2.24) is 14.8 Å². The second-order valence-electron chi connectivity index (χ2n) is 5.31. The fourth-order valence-corrected chi connectivity index (χ4v) is 2.29. The molecule has 0 spiro atoms. The standard InChI is InChI=1S/C14H25N3O/c1-10(2)17-11(3)9-13(12(17)4)14(18)15-7-8-16(5)6/h9-10H,7-8H2,1-6H3,(H,15,18). The highest BCUT2D eigenvalue weighted by Crippen LogP contribution is 2.19. The zero-order chi connectivity index (χ0) is 13.9. The minimum absolute atomic E-state index is 0.0249. The fourth-order valence-electron chi connectivity index (χ4n) is 2.29. The van der Waals surface area contributed by atoms with Crippen LogP contribution >= 0.6 is 0 Å². The second-order valence-corrected chi connectivity index (χ2v) is 5.31. The molecule has 1 rings (SSSR count). The maximum atomic E-state index is 12.1. The van der Waals surface area contributed by atoms with Crippen LogP contribution in [0.1, 0.15) is 41.6 Å². The molecule has 1 amide bonds. The van der Waals surface area contributed by atoms with Gasteiger partial charge in [-0.15, -0.1) is 0 Å². The van der Waals surface area contributed by atoms with Crippen molar-refractivity contribution in [1.29, 1.82) is 0 Å². The van der Waals surface area contributed by atoms with Crippen molar-refractivity contribution in [2.75, 3.05) is 27.2 Å². The van der Waals surface area contributed by atoms with Gasteiger partial charge >= 0.3 is 0 Å². The number of hydrogen-bond donors (Lipinski definition) is 1. The molecule has 0 saturated carbocycles. The average Bonchev–Trinajstić information content (AvgIpc) is 2.53. The Morgan fingerprint density at radius 3 is 2.44 bits per heavy atom. The fraction of sp³-hybridized carbons (Fsp3) is 0.643. The van der Waals surface area contributed by atoms with Gasteiger partial charge in [0.2, 0.25) is 0 Å². The van der Waals surface area contributed by atoms with E-state index in [2.05, 4.69) is 28.6 Å². The van der Waals surface area contributed by atoms with Gasteiger partial charge in [-0.05, 0) is 47.9 Å². The maximum absolute atomic E-state index is 12.1. The highest BCUT2D eigenvalue weighted by Gasteiger charge is 2.16. The third-order valence-corrected chi connectivity index (χ3v) is 3.09. The Balaban J connectivity index is 2.78. The van der Waals surface area contributed by atoms with Crippen molar-refractivity contribution in [3.8, 4) is 0 Å². The molecule has 18 heavy (non-hydrogen) atoms. The Labute approximate surface area is 110 Å². The molecule has 4 heteroatoms. The Morgan fingerprint density at radius 2 is 2.00 bits per heavy atom. The molecule has 0 radical (unpaired) electrons. The molecule has 0 unspecified atom stereocenters. The van der Waals surface area contributed by atoms with Gasteiger partial charge in [-0.1, -0.05) is 0 Å². The first kappa shape index (κ1) is 14.8. The van der Waals surface area contributed by atoms with E-state index in [-0.39, 0.29) is 5.91 Å². The van der Waals surface area contributed by atoms with Crippen LogP contribution in [-0.2, 0) is 0 Å². The lowest BCUT2D eigenvalue weighted by Gasteiger charge is -2.14. The smallest absolute Gasteiger partial charge is 0.253 e. The third-order valence-electron chi connectivity index (χ3n) is 3.09. The molecule has 1 heterocycles. The van der Waals surface area contributed by atoms with Crippen LogP contribution < -0.4 is 5.32 Å². The number of amides is 1. The Morgan fingerprint density at radius 1 is 1.39 bits per heavy atom. The van der Waals surface area contributed by atoms with Crippen molar-refractivity contribution < 1.29 is 4.79 Å². The third kappa shape index (κ3) is 3.35. The summed E-state index contributed by atoms with van der Waals surface area (Å²) in [6.07, 6.45) is 0. The second kappa shape index (κ2) is 6.05. The van der Waals surface area contributed by atoms with E-state index in [4.69, 9.17) is 0 Å². The molecule has 4 nitrogen and oxygen atoms in total. The van der Waals surface area contributed by atoms with Gasteiger partial charge in [0.15, 0.2) is 0 Å². The molecule has 102 valence electrons. The quantitative estimate of drug-likeness (QED) is 0.869. The number of carbonyl (C=O) groups is 1. The summed E-state index contributed by atoms with van der Waals surface area (Å²) in [5, 5.41) is 2.96. The number of nitrogens with one attached hydrogen (secondary N) is 1. The number of hydrogen-bond acceptors (Lipinski definition) is 2. The molecule has 0 saturated heterocycles. The summed E-state index contributed by atoms with van der Waals surface area (Å²) >= 11 is 0. The Hall–Kier alpha value is -1.29. The van der Waals surface area contributed by atoms with E-state index < -0.39 is 0 Å². The predicted molar refractivity (Wildman–Crippen MR) is 75.2 cm³/mol. The Kier molecular flexibility index (Phi) is 4.96. The summed E-state index contributed by atoms with van der Waals surface area (Å²) in [6.45, 7) is 9.85. The first-order valence-electron chi connectivity index (χ1n) is 6.46. The number of likely N-dealkylation sites (N-methyl/N-ethyl adjacent to an activating group) is 1. The highest BCUT2D eigenvalue weighted by molar-refractivity contribution is 5.95. The van der Waals surface area contributed by atoms with Gasteiger partial charge < -0.3 is 14.8 Å². The topological polar surface area (TPSA) is 37.3 Å². The van der Waals surface area contributed by atoms with Crippen LogP contribution in [0.15, 0.2) is 6.07 Å². The largest absolute Gasteiger partial charge is 0.351 e. The molecule has 0 atom stereocenters. The van der Waals surface area contributed by atoms with Gasteiger partial charge in [0.25, 0.3) is 5.91 Å². The SMILES string of the molecule is Cc1cc(C(=O)NCCN(C)C)c(C)n1C(C)C. The summed E-state index contributed by atoms with van der Waals surface area (Å²) in [4.78, 5) is 14.1. The summed E-state index contributed by atoms with van der Waals surface area (Å²) in [5.74, 6) is 0.0249. The van der Waals surface area contributed by atoms with Gasteiger partial charge in [-0.2, -0.15) is 0 Å². The summed E-state index contributed by atoms with van der Waals surface area (Å²) < 4.78 is 2.20. The maximum Gasteiger partial charge on any atom is 0.253 e. The molecule has 0 bridgehead atoms. The van der Waals surface area contributed by atoms with Crippen molar-refractivity contribution in [3.05, 3.63) is 23.0 Å². The zero-order valence-corrected chi connectivity index (χ0v) is 12.4. The van der Waals surface area contributed by atoms with E-state index in [1.807, 2.05) is 34.0 Å². The van der Waals surface area contributed by atoms with E-state index in [9.17, 15) is 4.79 Å². The van der Waals surface area contributed by atoms with Crippen LogP contribution in [0.4, 0.5) is 0 Å². The first-order valence-corrected chi connectivity index (χ1v) is 6.46. The molecular formula is C14H25N3O. The number of aryl methyl sites for hydroxylation is 1. The zero-order valence-electron chi connectivity index (χ0n) is 12.4. The molecule has 0 fully saturated rings. The van der Waals surface area contributed by atoms with Gasteiger partial charge in [0.1, 0.15) is 0 Å². The summed E-state index contributed by atoms with van der Waals surface area (Å²) in [7, 11) is 3.99. The van der Waals surface area contributed by atoms with E-state index in [0.29, 0.717) is 12.6 Å². The average molecular weight is 251 g/mol. The number of aromatic nitrogens is 1. The van der Waals surface area contributed by atoms with Crippen LogP contribution in [0.2, 0.25) is 0 Å². The summed E-state index contributed by atoms with van der Waals surface area (Å²) in [6, 6.07) is 2.36. The monoisotopic (exact) mass is 251 g/mol. The molecule has 0 aliphatic rings. The molecule has 1 N–H and O–H groups in total. The highest BCUT2D eigenvalue weighted by atomic mass is 16.1. The number of carbonyl (C=O) groups excluding carboxylic acids is 1. The molecular weight excluding hydrogens is 226 g/mol. The van der Waals surface area contributed by atoms with Crippen molar-refractivity contribution in [2.45, 2.75) is 33.7 Å². The van der Waals surface area contributed by atoms with Crippen LogP contribution in [0.3, 0.4) is 0 Å². The molecule has 0 aliphatic heterocycles. The summed E-state index contributed by atoms with van der Waals surface area (Å²) in [5.41, 5.74) is 2.98. The van der Waals surface area contributed by atoms with E-state index in [0.717, 1.165) is 23.5 Å². The van der Waals surface area contributed by atoms with E-state index >= 15 is 0 Å². The van der Waals surface area contributed by atoms with Crippen LogP contribution in [0.5, 0.6) is 0 Å². The lowest BCUT2D eigenvalue weighted by molar-refractivity contribution is 0.0950. The lowest BCUT2D eigenvalue weighted by Crippen LogP contribution is -2.31. The molecule has 0 aliphatic carbocycles. The van der Waals surface area contributed by atoms with E-state index in [1.165, 1.54) is 0 Å². The minimum Gasteiger partial charge on any atom is -0.351 e. The number of nitrogens with zero attached hydrogens (tertiary/aromatic N) is 2. The van der Waals surface area contributed by atoms with Crippen LogP contribution in [0.25, 0.3) is 0 Å². The van der Waals surface area contributed by atoms with Crippen molar-refractivity contribution in [2.24, 2.45) is 0 Å². The minimum atomic E-state index is 0.0249. The van der Waals surface area contributed by atoms with Gasteiger partial charge in [0, 0.05) is 30.5 Å².